The second kappa shape index (κ2) is 8.03. The van der Waals surface area contributed by atoms with Gasteiger partial charge in [0.2, 0.25) is 0 Å². The molecule has 1 atom stereocenters. The van der Waals surface area contributed by atoms with E-state index in [1.165, 1.54) is 12.5 Å². The first-order valence-corrected chi connectivity index (χ1v) is 7.37. The lowest BCUT2D eigenvalue weighted by molar-refractivity contribution is -0.145. The van der Waals surface area contributed by atoms with Gasteiger partial charge >= 0.3 is 5.97 Å². The van der Waals surface area contributed by atoms with Crippen molar-refractivity contribution in [2.24, 2.45) is 0 Å². The zero-order valence-electron chi connectivity index (χ0n) is 13.6. The van der Waals surface area contributed by atoms with Crippen LogP contribution in [0.25, 0.3) is 0 Å². The molecule has 0 saturated heterocycles. The Bertz CT molecular complexity index is 454. The minimum absolute atomic E-state index is 0.124. The lowest BCUT2D eigenvalue weighted by Gasteiger charge is -2.24. The van der Waals surface area contributed by atoms with Crippen LogP contribution in [0.1, 0.15) is 46.6 Å². The van der Waals surface area contributed by atoms with Crippen LogP contribution in [0.2, 0.25) is 0 Å². The monoisotopic (exact) mass is 294 g/mol. The minimum atomic E-state index is -0.388. The normalized spacial score (nSPS) is 12.8. The molecule has 0 saturated carbocycles. The standard InChI is InChI=1S/C17H26O4/c1-6-17(4,5)15-8-7-9-16(12-15)21-14(3)20-11-10-19-13(2)18/h7-9,12,14H,6,10-11H2,1-5H3. The lowest BCUT2D eigenvalue weighted by atomic mass is 9.82. The summed E-state index contributed by atoms with van der Waals surface area (Å²) in [4.78, 5) is 10.6. The van der Waals surface area contributed by atoms with Crippen LogP contribution in [-0.2, 0) is 19.7 Å². The van der Waals surface area contributed by atoms with E-state index in [1.54, 1.807) is 0 Å². The van der Waals surface area contributed by atoms with Crippen molar-refractivity contribution in [1.82, 2.24) is 0 Å². The molecule has 21 heavy (non-hydrogen) atoms. The Morgan fingerprint density at radius 1 is 1.29 bits per heavy atom. The number of hydrogen-bond donors (Lipinski definition) is 0. The Morgan fingerprint density at radius 2 is 2.00 bits per heavy atom. The smallest absolute Gasteiger partial charge is 0.302 e. The molecule has 0 aromatic heterocycles. The predicted octanol–water partition coefficient (Wildman–Crippen LogP) is 3.68. The van der Waals surface area contributed by atoms with Gasteiger partial charge in [0.1, 0.15) is 12.4 Å². The quantitative estimate of drug-likeness (QED) is 0.417. The number of carbonyl (C=O) groups excluding carboxylic acids is 1. The van der Waals surface area contributed by atoms with Crippen LogP contribution < -0.4 is 4.74 Å². The van der Waals surface area contributed by atoms with Crippen LogP contribution in [-0.4, -0.2) is 25.5 Å². The summed E-state index contributed by atoms with van der Waals surface area (Å²) in [5.41, 5.74) is 1.37. The lowest BCUT2D eigenvalue weighted by Crippen LogP contribution is -2.20. The molecule has 0 radical (unpaired) electrons. The first-order valence-electron chi connectivity index (χ1n) is 7.37. The average molecular weight is 294 g/mol. The van der Waals surface area contributed by atoms with E-state index in [0.29, 0.717) is 6.61 Å². The molecule has 0 aliphatic carbocycles. The van der Waals surface area contributed by atoms with E-state index in [0.717, 1.165) is 12.2 Å². The van der Waals surface area contributed by atoms with Crippen LogP contribution in [0.15, 0.2) is 24.3 Å². The van der Waals surface area contributed by atoms with E-state index >= 15 is 0 Å². The largest absolute Gasteiger partial charge is 0.465 e. The molecule has 118 valence electrons. The van der Waals surface area contributed by atoms with E-state index in [1.807, 2.05) is 19.1 Å². The highest BCUT2D eigenvalue weighted by atomic mass is 16.7. The maximum atomic E-state index is 10.6. The van der Waals surface area contributed by atoms with Crippen LogP contribution in [0.3, 0.4) is 0 Å². The molecular formula is C17H26O4. The van der Waals surface area contributed by atoms with Crippen molar-refractivity contribution in [1.29, 1.82) is 0 Å². The summed E-state index contributed by atoms with van der Waals surface area (Å²) in [5, 5.41) is 0. The van der Waals surface area contributed by atoms with Gasteiger partial charge in [-0.2, -0.15) is 0 Å². The van der Waals surface area contributed by atoms with Gasteiger partial charge < -0.3 is 14.2 Å². The Labute approximate surface area is 127 Å². The van der Waals surface area contributed by atoms with Crippen LogP contribution >= 0.6 is 0 Å². The highest BCUT2D eigenvalue weighted by Crippen LogP contribution is 2.29. The Hall–Kier alpha value is -1.55. The number of hydrogen-bond acceptors (Lipinski definition) is 4. The summed E-state index contributed by atoms with van der Waals surface area (Å²) in [6.07, 6.45) is 0.672. The van der Waals surface area contributed by atoms with Crippen molar-refractivity contribution in [2.45, 2.75) is 52.7 Å². The van der Waals surface area contributed by atoms with Crippen molar-refractivity contribution >= 4 is 5.97 Å². The van der Waals surface area contributed by atoms with Gasteiger partial charge in [-0.3, -0.25) is 4.79 Å². The number of esters is 1. The molecule has 4 nitrogen and oxygen atoms in total. The van der Waals surface area contributed by atoms with Crippen LogP contribution in [0.5, 0.6) is 5.75 Å². The van der Waals surface area contributed by atoms with E-state index in [2.05, 4.69) is 32.9 Å². The Balaban J connectivity index is 2.51. The van der Waals surface area contributed by atoms with Crippen LogP contribution in [0, 0.1) is 0 Å². The van der Waals surface area contributed by atoms with Gasteiger partial charge in [0, 0.05) is 6.92 Å². The highest BCUT2D eigenvalue weighted by molar-refractivity contribution is 5.65. The maximum absolute atomic E-state index is 10.6. The van der Waals surface area contributed by atoms with E-state index in [9.17, 15) is 4.79 Å². The third-order valence-corrected chi connectivity index (χ3v) is 3.54. The Kier molecular flexibility index (Phi) is 6.69. The molecule has 0 aliphatic rings. The number of rotatable bonds is 8. The summed E-state index contributed by atoms with van der Waals surface area (Å²) < 4.78 is 16.0. The molecule has 0 spiro atoms. The van der Waals surface area contributed by atoms with Gasteiger partial charge in [-0.25, -0.2) is 0 Å². The van der Waals surface area contributed by atoms with E-state index in [4.69, 9.17) is 14.2 Å². The van der Waals surface area contributed by atoms with Crippen molar-refractivity contribution < 1.29 is 19.0 Å². The molecule has 1 unspecified atom stereocenters. The molecule has 0 aliphatic heterocycles. The van der Waals surface area contributed by atoms with Crippen LogP contribution in [0.4, 0.5) is 0 Å². The molecule has 0 N–H and O–H groups in total. The first kappa shape index (κ1) is 17.5. The fraction of sp³-hybridized carbons (Fsp3) is 0.588. The summed E-state index contributed by atoms with van der Waals surface area (Å²) in [6.45, 7) is 10.4. The fourth-order valence-electron chi connectivity index (χ4n) is 1.82. The third-order valence-electron chi connectivity index (χ3n) is 3.54. The van der Waals surface area contributed by atoms with Crippen molar-refractivity contribution in [3.8, 4) is 5.75 Å². The van der Waals surface area contributed by atoms with Gasteiger partial charge in [0.05, 0.1) is 6.61 Å². The molecule has 1 aromatic carbocycles. The number of ether oxygens (including phenoxy) is 3. The number of carbonyl (C=O) groups is 1. The van der Waals surface area contributed by atoms with Crippen molar-refractivity contribution in [2.75, 3.05) is 13.2 Å². The Morgan fingerprint density at radius 3 is 2.62 bits per heavy atom. The van der Waals surface area contributed by atoms with Crippen molar-refractivity contribution in [3.05, 3.63) is 29.8 Å². The first-order chi connectivity index (χ1) is 9.85. The van der Waals surface area contributed by atoms with Crippen molar-refractivity contribution in [3.63, 3.8) is 0 Å². The van der Waals surface area contributed by atoms with Gasteiger partial charge in [0.15, 0.2) is 6.29 Å². The minimum Gasteiger partial charge on any atom is -0.465 e. The molecule has 0 fully saturated rings. The predicted molar refractivity (Wildman–Crippen MR) is 82.4 cm³/mol. The molecule has 0 bridgehead atoms. The fourth-order valence-corrected chi connectivity index (χ4v) is 1.82. The molecular weight excluding hydrogens is 268 g/mol. The molecule has 1 rings (SSSR count). The van der Waals surface area contributed by atoms with Gasteiger partial charge in [-0.1, -0.05) is 32.9 Å². The topological polar surface area (TPSA) is 44.8 Å². The zero-order chi connectivity index (χ0) is 15.9. The highest BCUT2D eigenvalue weighted by Gasteiger charge is 2.18. The maximum Gasteiger partial charge on any atom is 0.302 e. The SMILES string of the molecule is CCC(C)(C)c1cccc(OC(C)OCCOC(C)=O)c1. The average Bonchev–Trinajstić information content (AvgIpc) is 2.43. The zero-order valence-corrected chi connectivity index (χ0v) is 13.6. The third kappa shape index (κ3) is 6.17. The summed E-state index contributed by atoms with van der Waals surface area (Å²) >= 11 is 0. The summed E-state index contributed by atoms with van der Waals surface area (Å²) in [6, 6.07) is 8.08. The molecule has 1 aromatic rings. The summed E-state index contributed by atoms with van der Waals surface area (Å²) in [5.74, 6) is 0.482. The number of benzene rings is 1. The molecule has 0 heterocycles. The van der Waals surface area contributed by atoms with E-state index < -0.39 is 0 Å². The summed E-state index contributed by atoms with van der Waals surface area (Å²) in [7, 11) is 0. The molecule has 0 amide bonds. The second-order valence-electron chi connectivity index (χ2n) is 5.66. The van der Waals surface area contributed by atoms with Gasteiger partial charge in [-0.05, 0) is 36.5 Å². The van der Waals surface area contributed by atoms with Gasteiger partial charge in [0.25, 0.3) is 0 Å². The molecule has 4 heteroatoms. The van der Waals surface area contributed by atoms with Gasteiger partial charge in [-0.15, -0.1) is 0 Å². The second-order valence-corrected chi connectivity index (χ2v) is 5.66. The van der Waals surface area contributed by atoms with E-state index in [-0.39, 0.29) is 24.3 Å².